The van der Waals surface area contributed by atoms with Crippen LogP contribution in [0.1, 0.15) is 25.0 Å². The molecule has 0 saturated heterocycles. The van der Waals surface area contributed by atoms with Crippen molar-refractivity contribution in [2.24, 2.45) is 0 Å². The molecule has 0 heterocycles. The maximum Gasteiger partial charge on any atom is 0.124 e. The van der Waals surface area contributed by atoms with Gasteiger partial charge in [-0.1, -0.05) is 18.5 Å². The Morgan fingerprint density at radius 3 is 2.81 bits per heavy atom. The minimum absolute atomic E-state index is 0.255. The predicted molar refractivity (Wildman–Crippen MR) is 64.1 cm³/mol. The highest BCUT2D eigenvalue weighted by atomic mass is 35.5. The molecule has 1 aromatic rings. The Kier molecular flexibility index (Phi) is 5.60. The van der Waals surface area contributed by atoms with Crippen molar-refractivity contribution in [3.05, 3.63) is 28.8 Å². The average Bonchev–Trinajstić information content (AvgIpc) is 2.29. The van der Waals surface area contributed by atoms with Crippen molar-refractivity contribution in [3.63, 3.8) is 0 Å². The fourth-order valence-corrected chi connectivity index (χ4v) is 1.58. The topological polar surface area (TPSA) is 38.7 Å². The van der Waals surface area contributed by atoms with Crippen molar-refractivity contribution in [2.75, 3.05) is 20.3 Å². The van der Waals surface area contributed by atoms with Crippen LogP contribution in [-0.4, -0.2) is 25.4 Å². The zero-order valence-electron chi connectivity index (χ0n) is 9.57. The van der Waals surface area contributed by atoms with Crippen LogP contribution >= 0.6 is 11.6 Å². The van der Waals surface area contributed by atoms with Gasteiger partial charge in [0.2, 0.25) is 0 Å². The van der Waals surface area contributed by atoms with E-state index >= 15 is 0 Å². The average molecular weight is 245 g/mol. The Labute approximate surface area is 101 Å². The van der Waals surface area contributed by atoms with Gasteiger partial charge in [-0.3, -0.25) is 0 Å². The van der Waals surface area contributed by atoms with Crippen LogP contribution < -0.4 is 4.74 Å². The minimum Gasteiger partial charge on any atom is -0.496 e. The molecule has 1 aromatic carbocycles. The highest BCUT2D eigenvalue weighted by Gasteiger charge is 2.13. The smallest absolute Gasteiger partial charge is 0.124 e. The molecular weight excluding hydrogens is 228 g/mol. The van der Waals surface area contributed by atoms with Gasteiger partial charge in [0.1, 0.15) is 11.9 Å². The molecule has 0 aromatic heterocycles. The van der Waals surface area contributed by atoms with Crippen LogP contribution in [0, 0.1) is 0 Å². The van der Waals surface area contributed by atoms with Crippen LogP contribution in [0.15, 0.2) is 18.2 Å². The van der Waals surface area contributed by atoms with E-state index in [0.29, 0.717) is 22.9 Å². The molecule has 3 nitrogen and oxygen atoms in total. The van der Waals surface area contributed by atoms with E-state index in [1.54, 1.807) is 25.3 Å². The highest BCUT2D eigenvalue weighted by Crippen LogP contribution is 2.28. The second-order valence-electron chi connectivity index (χ2n) is 3.48. The first-order valence-electron chi connectivity index (χ1n) is 5.28. The third kappa shape index (κ3) is 3.67. The Morgan fingerprint density at radius 1 is 1.44 bits per heavy atom. The number of methoxy groups -OCH3 is 1. The van der Waals surface area contributed by atoms with Crippen molar-refractivity contribution in [2.45, 2.75) is 19.4 Å². The van der Waals surface area contributed by atoms with E-state index in [9.17, 15) is 5.11 Å². The third-order valence-electron chi connectivity index (χ3n) is 2.17. The molecule has 0 radical (unpaired) electrons. The summed E-state index contributed by atoms with van der Waals surface area (Å²) in [5.74, 6) is 0.622. The van der Waals surface area contributed by atoms with Crippen molar-refractivity contribution in [3.8, 4) is 5.75 Å². The van der Waals surface area contributed by atoms with Crippen molar-refractivity contribution in [1.82, 2.24) is 0 Å². The molecule has 1 atom stereocenters. The lowest BCUT2D eigenvalue weighted by Crippen LogP contribution is -2.09. The van der Waals surface area contributed by atoms with Crippen molar-refractivity contribution < 1.29 is 14.6 Å². The summed E-state index contributed by atoms with van der Waals surface area (Å²) in [6.45, 7) is 2.91. The maximum absolute atomic E-state index is 9.92. The standard InChI is InChI=1S/C12H17ClO3/c1-3-6-16-8-11(14)10-7-9(13)4-5-12(10)15-2/h4-5,7,11,14H,3,6,8H2,1-2H3. The number of halogens is 1. The molecule has 0 aliphatic carbocycles. The van der Waals surface area contributed by atoms with Crippen LogP contribution in [0.4, 0.5) is 0 Å². The third-order valence-corrected chi connectivity index (χ3v) is 2.41. The monoisotopic (exact) mass is 244 g/mol. The van der Waals surface area contributed by atoms with Gasteiger partial charge in [-0.05, 0) is 24.6 Å². The van der Waals surface area contributed by atoms with Gasteiger partial charge in [0.25, 0.3) is 0 Å². The molecule has 0 amide bonds. The van der Waals surface area contributed by atoms with Crippen LogP contribution in [0.2, 0.25) is 5.02 Å². The zero-order valence-corrected chi connectivity index (χ0v) is 10.3. The van der Waals surface area contributed by atoms with Crippen molar-refractivity contribution >= 4 is 11.6 Å². The largest absolute Gasteiger partial charge is 0.496 e. The number of hydrogen-bond donors (Lipinski definition) is 1. The first kappa shape index (κ1) is 13.3. The van der Waals surface area contributed by atoms with Gasteiger partial charge in [-0.25, -0.2) is 0 Å². The maximum atomic E-state index is 9.92. The highest BCUT2D eigenvalue weighted by molar-refractivity contribution is 6.30. The van der Waals surface area contributed by atoms with Gasteiger partial charge in [0.15, 0.2) is 0 Å². The number of hydrogen-bond acceptors (Lipinski definition) is 3. The summed E-state index contributed by atoms with van der Waals surface area (Å²) >= 11 is 5.87. The summed E-state index contributed by atoms with van der Waals surface area (Å²) in [4.78, 5) is 0. The molecule has 0 aliphatic rings. The van der Waals surface area contributed by atoms with Crippen LogP contribution in [0.5, 0.6) is 5.75 Å². The van der Waals surface area contributed by atoms with Gasteiger partial charge >= 0.3 is 0 Å². The van der Waals surface area contributed by atoms with Gasteiger partial charge in [0.05, 0.1) is 13.7 Å². The lowest BCUT2D eigenvalue weighted by Gasteiger charge is -2.15. The quantitative estimate of drug-likeness (QED) is 0.782. The van der Waals surface area contributed by atoms with E-state index in [1.807, 2.05) is 6.92 Å². The number of benzene rings is 1. The number of aliphatic hydroxyl groups excluding tert-OH is 1. The molecule has 0 aliphatic heterocycles. The molecule has 0 bridgehead atoms. The first-order valence-corrected chi connectivity index (χ1v) is 5.66. The normalized spacial score (nSPS) is 12.5. The summed E-state index contributed by atoms with van der Waals surface area (Å²) in [6, 6.07) is 5.16. The van der Waals surface area contributed by atoms with Gasteiger partial charge in [-0.15, -0.1) is 0 Å². The zero-order chi connectivity index (χ0) is 12.0. The van der Waals surface area contributed by atoms with Crippen LogP contribution in [-0.2, 0) is 4.74 Å². The van der Waals surface area contributed by atoms with Gasteiger partial charge in [-0.2, -0.15) is 0 Å². The summed E-state index contributed by atoms with van der Waals surface area (Å²) in [5, 5.41) is 10.5. The molecule has 16 heavy (non-hydrogen) atoms. The number of aliphatic hydroxyl groups is 1. The van der Waals surface area contributed by atoms with Gasteiger partial charge < -0.3 is 14.6 Å². The molecule has 4 heteroatoms. The molecule has 90 valence electrons. The summed E-state index contributed by atoms with van der Waals surface area (Å²) in [5.41, 5.74) is 0.658. The van der Waals surface area contributed by atoms with E-state index in [2.05, 4.69) is 0 Å². The molecule has 1 N–H and O–H groups in total. The van der Waals surface area contributed by atoms with E-state index in [1.165, 1.54) is 0 Å². The number of rotatable bonds is 6. The molecule has 0 spiro atoms. The number of ether oxygens (including phenoxy) is 2. The second-order valence-corrected chi connectivity index (χ2v) is 3.91. The van der Waals surface area contributed by atoms with Gasteiger partial charge in [0, 0.05) is 17.2 Å². The van der Waals surface area contributed by atoms with Crippen LogP contribution in [0.3, 0.4) is 0 Å². The van der Waals surface area contributed by atoms with E-state index in [4.69, 9.17) is 21.1 Å². The fourth-order valence-electron chi connectivity index (χ4n) is 1.39. The summed E-state index contributed by atoms with van der Waals surface area (Å²) in [7, 11) is 1.56. The Hall–Kier alpha value is -0.770. The molecule has 1 unspecified atom stereocenters. The Balaban J connectivity index is 2.72. The van der Waals surface area contributed by atoms with Crippen molar-refractivity contribution in [1.29, 1.82) is 0 Å². The SMILES string of the molecule is CCCOCC(O)c1cc(Cl)ccc1OC. The molecule has 0 fully saturated rings. The molecule has 1 rings (SSSR count). The first-order chi connectivity index (χ1) is 7.69. The lowest BCUT2D eigenvalue weighted by molar-refractivity contribution is 0.0352. The summed E-state index contributed by atoms with van der Waals surface area (Å²) < 4.78 is 10.4. The van der Waals surface area contributed by atoms with E-state index in [-0.39, 0.29) is 6.61 Å². The summed E-state index contributed by atoms with van der Waals surface area (Å²) in [6.07, 6.45) is 0.222. The minimum atomic E-state index is -0.708. The molecule has 0 saturated carbocycles. The fraction of sp³-hybridized carbons (Fsp3) is 0.500. The Morgan fingerprint density at radius 2 is 2.19 bits per heavy atom. The molecular formula is C12H17ClO3. The van der Waals surface area contributed by atoms with E-state index in [0.717, 1.165) is 6.42 Å². The van der Waals surface area contributed by atoms with E-state index < -0.39 is 6.10 Å². The lowest BCUT2D eigenvalue weighted by atomic mass is 10.1. The predicted octanol–water partition coefficient (Wildman–Crippen LogP) is 2.81. The van der Waals surface area contributed by atoms with Crippen LogP contribution in [0.25, 0.3) is 0 Å². The Bertz CT molecular complexity index is 328. The second kappa shape index (κ2) is 6.74.